The number of anilines is 2. The normalized spacial score (nSPS) is 13.8. The zero-order valence-electron chi connectivity index (χ0n) is 23.6. The van der Waals surface area contributed by atoms with Crippen molar-refractivity contribution in [2.45, 2.75) is 30.2 Å². The van der Waals surface area contributed by atoms with E-state index in [1.54, 1.807) is 48.5 Å². The summed E-state index contributed by atoms with van der Waals surface area (Å²) in [6.07, 6.45) is 1.43. The second kappa shape index (κ2) is 12.4. The van der Waals surface area contributed by atoms with Crippen molar-refractivity contribution < 1.29 is 18.7 Å². The third-order valence-electron chi connectivity index (χ3n) is 6.80. The Morgan fingerprint density at radius 1 is 0.932 bits per heavy atom. The molecule has 222 valence electrons. The lowest BCUT2D eigenvalue weighted by Gasteiger charge is -2.36. The Morgan fingerprint density at radius 2 is 1.57 bits per heavy atom. The van der Waals surface area contributed by atoms with E-state index in [9.17, 15) is 9.59 Å². The molecule has 0 bridgehead atoms. The molecule has 6 rings (SSSR count). The minimum Gasteiger partial charge on any atom is -0.494 e. The van der Waals surface area contributed by atoms with Crippen molar-refractivity contribution >= 4 is 103 Å². The van der Waals surface area contributed by atoms with Crippen LogP contribution < -0.4 is 14.5 Å². The van der Waals surface area contributed by atoms with Crippen LogP contribution >= 0.6 is 58.5 Å². The zero-order valence-corrected chi connectivity index (χ0v) is 27.6. The number of furan rings is 1. The van der Waals surface area contributed by atoms with Crippen LogP contribution in [0.2, 0.25) is 10.0 Å². The van der Waals surface area contributed by atoms with Crippen LogP contribution in [0.1, 0.15) is 23.8 Å². The molecule has 12 heteroatoms. The molecule has 3 aromatic carbocycles. The predicted octanol–water partition coefficient (Wildman–Crippen LogP) is 9.11. The summed E-state index contributed by atoms with van der Waals surface area (Å²) in [5.41, 5.74) is 3.25. The van der Waals surface area contributed by atoms with E-state index in [2.05, 4.69) is 4.98 Å². The Bertz CT molecular complexity index is 1930. The number of amides is 2. The second-order valence-corrected chi connectivity index (χ2v) is 13.3. The van der Waals surface area contributed by atoms with Crippen molar-refractivity contribution in [2.24, 2.45) is 0 Å². The summed E-state index contributed by atoms with van der Waals surface area (Å²) in [5, 5.41) is 1.46. The first-order valence-electron chi connectivity index (χ1n) is 13.4. The third-order valence-corrected chi connectivity index (χ3v) is 9.98. The highest BCUT2D eigenvalue weighted by atomic mass is 35.5. The Kier molecular flexibility index (Phi) is 8.54. The molecule has 5 aromatic rings. The number of halogens is 2. The Labute approximate surface area is 277 Å². The maximum atomic E-state index is 13.9. The highest BCUT2D eigenvalue weighted by molar-refractivity contribution is 8.01. The number of hydrogen-bond donors (Lipinski definition) is 0. The van der Waals surface area contributed by atoms with Crippen LogP contribution in [-0.4, -0.2) is 28.5 Å². The Balaban J connectivity index is 1.35. The van der Waals surface area contributed by atoms with Gasteiger partial charge in [0.1, 0.15) is 17.1 Å². The number of thiocarbonyl (C=S) groups is 1. The zero-order chi connectivity index (χ0) is 31.1. The fraction of sp³-hybridized carbons (Fsp3) is 0.125. The highest BCUT2D eigenvalue weighted by Gasteiger charge is 2.41. The maximum absolute atomic E-state index is 13.9. The second-order valence-electron chi connectivity index (χ2n) is 9.79. The van der Waals surface area contributed by atoms with Crippen molar-refractivity contribution in [3.05, 3.63) is 99.2 Å². The van der Waals surface area contributed by atoms with Gasteiger partial charge in [0.15, 0.2) is 14.5 Å². The number of aryl methyl sites for hydroxylation is 2. The number of benzene rings is 3. The van der Waals surface area contributed by atoms with Gasteiger partial charge < -0.3 is 9.15 Å². The summed E-state index contributed by atoms with van der Waals surface area (Å²) in [6.45, 7) is 6.24. The molecule has 2 aromatic heterocycles. The molecule has 2 amide bonds. The lowest BCUT2D eigenvalue weighted by molar-refractivity contribution is -0.120. The quantitative estimate of drug-likeness (QED) is 0.0965. The molecular weight excluding hydrogens is 657 g/mol. The number of nitrogens with zero attached hydrogens (tertiary/aromatic N) is 3. The van der Waals surface area contributed by atoms with Gasteiger partial charge in [-0.3, -0.25) is 19.4 Å². The van der Waals surface area contributed by atoms with Gasteiger partial charge in [0.2, 0.25) is 0 Å². The summed E-state index contributed by atoms with van der Waals surface area (Å²) in [7, 11) is 0. The molecule has 0 unspecified atom stereocenters. The van der Waals surface area contributed by atoms with Crippen molar-refractivity contribution in [2.75, 3.05) is 16.4 Å². The molecule has 0 radical (unpaired) electrons. The average Bonchev–Trinajstić information content (AvgIpc) is 3.61. The molecule has 1 fully saturated rings. The molecule has 1 saturated heterocycles. The molecule has 3 heterocycles. The number of fused-ring (bicyclic) bond motifs is 1. The van der Waals surface area contributed by atoms with Crippen molar-refractivity contribution in [3.63, 3.8) is 0 Å². The molecule has 0 aliphatic carbocycles. The topological polar surface area (TPSA) is 75.9 Å². The predicted molar refractivity (Wildman–Crippen MR) is 182 cm³/mol. The lowest BCUT2D eigenvalue weighted by Crippen LogP contribution is -2.57. The molecule has 44 heavy (non-hydrogen) atoms. The molecule has 7 nitrogen and oxygen atoms in total. The molecule has 0 spiro atoms. The van der Waals surface area contributed by atoms with Gasteiger partial charge in [0, 0.05) is 10.0 Å². The number of aromatic nitrogens is 1. The van der Waals surface area contributed by atoms with E-state index < -0.39 is 11.8 Å². The van der Waals surface area contributed by atoms with Crippen molar-refractivity contribution in [1.82, 2.24) is 4.98 Å². The highest BCUT2D eigenvalue weighted by Crippen LogP contribution is 2.38. The first-order valence-corrected chi connectivity index (χ1v) is 16.2. The van der Waals surface area contributed by atoms with E-state index in [4.69, 9.17) is 44.6 Å². The Hall–Kier alpha value is -3.67. The lowest BCUT2D eigenvalue weighted by atomic mass is 10.1. The van der Waals surface area contributed by atoms with Crippen molar-refractivity contribution in [1.29, 1.82) is 0 Å². The number of ether oxygens (including phenoxy) is 1. The summed E-state index contributed by atoms with van der Waals surface area (Å²) >= 11 is 21.4. The van der Waals surface area contributed by atoms with Gasteiger partial charge >= 0.3 is 0 Å². The van der Waals surface area contributed by atoms with E-state index in [1.807, 2.05) is 39.0 Å². The van der Waals surface area contributed by atoms with Gasteiger partial charge in [0.25, 0.3) is 11.8 Å². The fourth-order valence-corrected chi connectivity index (χ4v) is 7.23. The first kappa shape index (κ1) is 30.4. The molecule has 0 atom stereocenters. The van der Waals surface area contributed by atoms with Gasteiger partial charge in [-0.15, -0.1) is 11.3 Å². The SMILES string of the molecule is CCOc1ccc2nc(Sc3ccc(C=C4C(=O)N(c5ccc(C)c(Cl)c5)C(=S)N(c5ccc(C)c(Cl)c5)C4=O)o3)sc2c1. The fourth-order valence-electron chi connectivity index (χ4n) is 4.51. The smallest absolute Gasteiger partial charge is 0.270 e. The van der Waals surface area contributed by atoms with Gasteiger partial charge in [-0.25, -0.2) is 4.98 Å². The number of rotatable bonds is 7. The van der Waals surface area contributed by atoms with Gasteiger partial charge in [-0.2, -0.15) is 0 Å². The van der Waals surface area contributed by atoms with Gasteiger partial charge in [-0.1, -0.05) is 35.3 Å². The molecular formula is C32H23Cl2N3O4S3. The summed E-state index contributed by atoms with van der Waals surface area (Å²) in [6, 6.07) is 19.6. The minimum absolute atomic E-state index is 0.0176. The van der Waals surface area contributed by atoms with Crippen LogP contribution in [0.3, 0.4) is 0 Å². The van der Waals surface area contributed by atoms with Crippen molar-refractivity contribution in [3.8, 4) is 5.75 Å². The summed E-state index contributed by atoms with van der Waals surface area (Å²) in [4.78, 5) is 35.1. The minimum atomic E-state index is -0.601. The Morgan fingerprint density at radius 3 is 2.16 bits per heavy atom. The van der Waals surface area contributed by atoms with Crippen LogP contribution in [0.5, 0.6) is 5.75 Å². The molecule has 0 N–H and O–H groups in total. The monoisotopic (exact) mass is 679 g/mol. The number of hydrogen-bond acceptors (Lipinski definition) is 8. The number of carbonyl (C=O) groups excluding carboxylic acids is 2. The van der Waals surface area contributed by atoms with Crippen LogP contribution in [0.15, 0.2) is 86.2 Å². The standard InChI is InChI=1S/C32H23Cl2N3O4S3/c1-4-40-21-9-11-26-27(16-21)43-31(35-26)44-28-12-10-22(41-28)15-23-29(38)36(19-7-5-17(2)24(33)13-19)32(42)37(30(23)39)20-8-6-18(3)25(34)14-20/h5-16H,4H2,1-3H3. The van der Waals surface area contributed by atoms with E-state index in [-0.39, 0.29) is 10.7 Å². The van der Waals surface area contributed by atoms with Crippen LogP contribution in [0, 0.1) is 13.8 Å². The van der Waals surface area contributed by atoms with Crippen LogP contribution in [-0.2, 0) is 9.59 Å². The van der Waals surface area contributed by atoms with Crippen LogP contribution in [0.4, 0.5) is 11.4 Å². The van der Waals surface area contributed by atoms with Gasteiger partial charge in [-0.05, 0) is 117 Å². The van der Waals surface area contributed by atoms with E-state index in [0.29, 0.717) is 38.9 Å². The van der Waals surface area contributed by atoms with E-state index >= 15 is 0 Å². The number of thiazole rings is 1. The third kappa shape index (κ3) is 5.88. The number of carbonyl (C=O) groups is 2. The molecule has 1 aliphatic heterocycles. The molecule has 1 aliphatic rings. The molecule has 0 saturated carbocycles. The van der Waals surface area contributed by atoms with Gasteiger partial charge in [0.05, 0.1) is 28.2 Å². The van der Waals surface area contributed by atoms with E-state index in [0.717, 1.165) is 31.4 Å². The largest absolute Gasteiger partial charge is 0.494 e. The van der Waals surface area contributed by atoms with Crippen LogP contribution in [0.25, 0.3) is 16.3 Å². The maximum Gasteiger partial charge on any atom is 0.270 e. The average molecular weight is 681 g/mol. The summed E-state index contributed by atoms with van der Waals surface area (Å²) in [5.74, 6) is -0.0923. The van der Waals surface area contributed by atoms with E-state index in [1.165, 1.54) is 39.0 Å². The first-order chi connectivity index (χ1) is 21.1. The summed E-state index contributed by atoms with van der Waals surface area (Å²) < 4.78 is 13.4.